The highest BCUT2D eigenvalue weighted by Crippen LogP contribution is 2.30. The van der Waals surface area contributed by atoms with Crippen molar-refractivity contribution in [3.8, 4) is 11.3 Å². The van der Waals surface area contributed by atoms with Gasteiger partial charge in [-0.25, -0.2) is 0 Å². The van der Waals surface area contributed by atoms with Crippen LogP contribution in [0.2, 0.25) is 5.02 Å². The number of primary amides is 1. The van der Waals surface area contributed by atoms with Gasteiger partial charge in [-0.2, -0.15) is 15.4 Å². The fraction of sp³-hybridized carbons (Fsp3) is 0. The summed E-state index contributed by atoms with van der Waals surface area (Å²) >= 11 is 9.15. The number of H-pyrrole nitrogens is 1. The van der Waals surface area contributed by atoms with Crippen molar-refractivity contribution in [2.24, 2.45) is 5.73 Å². The Bertz CT molecular complexity index is 554. The summed E-state index contributed by atoms with van der Waals surface area (Å²) in [5, 5.41) is 10.5. The number of aromatic nitrogens is 3. The van der Waals surface area contributed by atoms with Gasteiger partial charge in [-0.1, -0.05) is 33.6 Å². The van der Waals surface area contributed by atoms with Gasteiger partial charge in [-0.15, -0.1) is 0 Å². The van der Waals surface area contributed by atoms with Crippen LogP contribution in [0.3, 0.4) is 0 Å². The zero-order valence-electron chi connectivity index (χ0n) is 7.87. The van der Waals surface area contributed by atoms with Crippen LogP contribution >= 0.6 is 27.5 Å². The van der Waals surface area contributed by atoms with Crippen molar-refractivity contribution in [1.29, 1.82) is 0 Å². The first-order valence-electron chi connectivity index (χ1n) is 4.25. The van der Waals surface area contributed by atoms with E-state index >= 15 is 0 Å². The number of hydrogen-bond donors (Lipinski definition) is 2. The molecule has 0 spiro atoms. The average Bonchev–Trinajstić information content (AvgIpc) is 2.66. The smallest absolute Gasteiger partial charge is 0.271 e. The topological polar surface area (TPSA) is 84.7 Å². The molecule has 1 amide bonds. The van der Waals surface area contributed by atoms with Gasteiger partial charge < -0.3 is 5.73 Å². The number of nitrogens with two attached hydrogens (primary N) is 1. The lowest BCUT2D eigenvalue weighted by atomic mass is 10.1. The van der Waals surface area contributed by atoms with Crippen molar-refractivity contribution in [3.63, 3.8) is 0 Å². The van der Waals surface area contributed by atoms with Crippen molar-refractivity contribution >= 4 is 33.4 Å². The molecule has 0 aliphatic carbocycles. The Morgan fingerprint density at radius 1 is 1.44 bits per heavy atom. The Kier molecular flexibility index (Phi) is 2.93. The Balaban J connectivity index is 2.59. The molecule has 3 N–H and O–H groups in total. The molecule has 2 rings (SSSR count). The summed E-state index contributed by atoms with van der Waals surface area (Å²) in [5.41, 5.74) is 6.37. The minimum atomic E-state index is -0.634. The molecule has 0 bridgehead atoms. The maximum atomic E-state index is 11.1. The predicted molar refractivity (Wildman–Crippen MR) is 63.0 cm³/mol. The predicted octanol–water partition coefficient (Wildman–Crippen LogP) is 1.99. The van der Waals surface area contributed by atoms with Gasteiger partial charge in [0.15, 0.2) is 5.69 Å². The summed E-state index contributed by atoms with van der Waals surface area (Å²) in [6, 6.07) is 5.13. The van der Waals surface area contributed by atoms with E-state index in [1.807, 2.05) is 0 Å². The van der Waals surface area contributed by atoms with Crippen LogP contribution in [-0.2, 0) is 0 Å². The van der Waals surface area contributed by atoms with Gasteiger partial charge in [0.25, 0.3) is 5.91 Å². The number of rotatable bonds is 2. The lowest BCUT2D eigenvalue weighted by Crippen LogP contribution is -2.12. The summed E-state index contributed by atoms with van der Waals surface area (Å²) < 4.78 is 0.719. The van der Waals surface area contributed by atoms with Gasteiger partial charge in [-0.3, -0.25) is 4.79 Å². The standard InChI is InChI=1S/C9H6BrClN4O/c10-6-3-4(11)1-2-5(6)7-8(9(12)16)14-15-13-7/h1-3H,(H2,12,16)(H,13,14,15). The second-order valence-corrected chi connectivity index (χ2v) is 4.30. The van der Waals surface area contributed by atoms with Crippen molar-refractivity contribution in [1.82, 2.24) is 15.4 Å². The van der Waals surface area contributed by atoms with Gasteiger partial charge in [-0.05, 0) is 12.1 Å². The zero-order chi connectivity index (χ0) is 11.7. The highest BCUT2D eigenvalue weighted by atomic mass is 79.9. The Hall–Kier alpha value is -1.40. The number of carbonyl (C=O) groups is 1. The first kappa shape index (κ1) is 11.1. The number of nitrogens with one attached hydrogen (secondary N) is 1. The maximum Gasteiger partial charge on any atom is 0.271 e. The SMILES string of the molecule is NC(=O)c1n[nH]nc1-c1ccc(Cl)cc1Br. The normalized spacial score (nSPS) is 10.4. The summed E-state index contributed by atoms with van der Waals surface area (Å²) in [5.74, 6) is -0.634. The number of aromatic amines is 1. The minimum Gasteiger partial charge on any atom is -0.364 e. The van der Waals surface area contributed by atoms with Crippen molar-refractivity contribution in [3.05, 3.63) is 33.4 Å². The van der Waals surface area contributed by atoms with Gasteiger partial charge in [0, 0.05) is 15.1 Å². The highest BCUT2D eigenvalue weighted by Gasteiger charge is 2.17. The van der Waals surface area contributed by atoms with Gasteiger partial charge in [0.05, 0.1) is 0 Å². The van der Waals surface area contributed by atoms with Gasteiger partial charge >= 0.3 is 0 Å². The largest absolute Gasteiger partial charge is 0.364 e. The molecule has 0 atom stereocenters. The maximum absolute atomic E-state index is 11.1. The molecule has 16 heavy (non-hydrogen) atoms. The van der Waals surface area contributed by atoms with Crippen molar-refractivity contribution < 1.29 is 4.79 Å². The Labute approximate surface area is 104 Å². The summed E-state index contributed by atoms with van der Waals surface area (Å²) in [7, 11) is 0. The number of carbonyl (C=O) groups excluding carboxylic acids is 1. The zero-order valence-corrected chi connectivity index (χ0v) is 10.2. The van der Waals surface area contributed by atoms with Gasteiger partial charge in [0.1, 0.15) is 5.69 Å². The highest BCUT2D eigenvalue weighted by molar-refractivity contribution is 9.10. The molecule has 0 aliphatic heterocycles. The molecule has 0 unspecified atom stereocenters. The van der Waals surface area contributed by atoms with Crippen LogP contribution in [-0.4, -0.2) is 21.3 Å². The molecule has 1 aromatic carbocycles. The third kappa shape index (κ3) is 1.94. The molecule has 0 radical (unpaired) electrons. The summed E-state index contributed by atoms with van der Waals surface area (Å²) in [6.45, 7) is 0. The van der Waals surface area contributed by atoms with E-state index in [0.29, 0.717) is 16.3 Å². The fourth-order valence-electron chi connectivity index (χ4n) is 1.27. The molecule has 1 heterocycles. The molecule has 0 saturated heterocycles. The lowest BCUT2D eigenvalue weighted by Gasteiger charge is -2.02. The van der Waals surface area contributed by atoms with Crippen molar-refractivity contribution in [2.75, 3.05) is 0 Å². The van der Waals surface area contributed by atoms with E-state index in [2.05, 4.69) is 31.3 Å². The van der Waals surface area contributed by atoms with E-state index in [1.54, 1.807) is 18.2 Å². The number of halogens is 2. The number of amides is 1. The molecule has 0 saturated carbocycles. The van der Waals surface area contributed by atoms with Gasteiger partial charge in [0.2, 0.25) is 0 Å². The summed E-state index contributed by atoms with van der Waals surface area (Å²) in [4.78, 5) is 11.1. The first-order chi connectivity index (χ1) is 7.59. The molecular formula is C9H6BrClN4O. The van der Waals surface area contributed by atoms with E-state index < -0.39 is 5.91 Å². The molecule has 5 nitrogen and oxygen atoms in total. The van der Waals surface area contributed by atoms with E-state index in [-0.39, 0.29) is 5.69 Å². The lowest BCUT2D eigenvalue weighted by molar-refractivity contribution is 0.0996. The average molecular weight is 302 g/mol. The molecule has 1 aromatic heterocycles. The number of hydrogen-bond acceptors (Lipinski definition) is 3. The molecule has 0 fully saturated rings. The van der Waals surface area contributed by atoms with Crippen LogP contribution in [0.4, 0.5) is 0 Å². The molecule has 0 aliphatic rings. The second-order valence-electron chi connectivity index (χ2n) is 3.01. The Morgan fingerprint density at radius 3 is 2.81 bits per heavy atom. The third-order valence-electron chi connectivity index (χ3n) is 1.97. The van der Waals surface area contributed by atoms with Crippen LogP contribution in [0.1, 0.15) is 10.5 Å². The third-order valence-corrected chi connectivity index (χ3v) is 2.86. The number of benzene rings is 1. The Morgan fingerprint density at radius 2 is 2.19 bits per heavy atom. The quantitative estimate of drug-likeness (QED) is 0.889. The fourth-order valence-corrected chi connectivity index (χ4v) is 2.14. The van der Waals surface area contributed by atoms with E-state index in [4.69, 9.17) is 17.3 Å². The molecule has 2 aromatic rings. The molecule has 82 valence electrons. The monoisotopic (exact) mass is 300 g/mol. The van der Waals surface area contributed by atoms with Crippen LogP contribution in [0, 0.1) is 0 Å². The first-order valence-corrected chi connectivity index (χ1v) is 5.42. The number of nitrogens with zero attached hydrogens (tertiary/aromatic N) is 2. The van der Waals surface area contributed by atoms with Crippen molar-refractivity contribution in [2.45, 2.75) is 0 Å². The van der Waals surface area contributed by atoms with E-state index in [0.717, 1.165) is 4.47 Å². The minimum absolute atomic E-state index is 0.100. The second kappa shape index (κ2) is 4.23. The van der Waals surface area contributed by atoms with Crippen LogP contribution in [0.5, 0.6) is 0 Å². The molecule has 7 heteroatoms. The van der Waals surface area contributed by atoms with E-state index in [9.17, 15) is 4.79 Å². The van der Waals surface area contributed by atoms with E-state index in [1.165, 1.54) is 0 Å². The van der Waals surface area contributed by atoms with Crippen LogP contribution in [0.15, 0.2) is 22.7 Å². The molecular weight excluding hydrogens is 295 g/mol. The summed E-state index contributed by atoms with van der Waals surface area (Å²) in [6.07, 6.45) is 0. The van der Waals surface area contributed by atoms with Crippen LogP contribution < -0.4 is 5.73 Å². The van der Waals surface area contributed by atoms with Crippen LogP contribution in [0.25, 0.3) is 11.3 Å².